The zero-order valence-electron chi connectivity index (χ0n) is 23.0. The van der Waals surface area contributed by atoms with Crippen molar-refractivity contribution >= 4 is 22.4 Å². The van der Waals surface area contributed by atoms with Crippen molar-refractivity contribution in [3.63, 3.8) is 0 Å². The number of rotatable bonds is 3. The quantitative estimate of drug-likeness (QED) is 0.255. The van der Waals surface area contributed by atoms with E-state index in [1.54, 1.807) is 0 Å². The molecule has 1 aliphatic rings. The fourth-order valence-electron chi connectivity index (χ4n) is 5.87. The lowest BCUT2D eigenvalue weighted by atomic mass is 9.97. The molecule has 4 nitrogen and oxygen atoms in total. The highest BCUT2D eigenvalue weighted by Crippen LogP contribution is 2.34. The summed E-state index contributed by atoms with van der Waals surface area (Å²) in [6.07, 6.45) is 0.789. The molecule has 0 N–H and O–H groups in total. The molecule has 0 saturated heterocycles. The van der Waals surface area contributed by atoms with Crippen LogP contribution in [0.1, 0.15) is 49.6 Å². The van der Waals surface area contributed by atoms with Gasteiger partial charge in [0.1, 0.15) is 5.69 Å². The molecule has 6 rings (SSSR count). The third-order valence-electron chi connectivity index (χ3n) is 8.16. The second-order valence-corrected chi connectivity index (χ2v) is 10.8. The third kappa shape index (κ3) is 3.83. The SMILES string of the molecule is Cc1cc2cc(C)c(-n3nc(C)c4c3C(=O)N(c3ccc(-c5ccccc5C)cc3C)CC4)cc2cc1C. The van der Waals surface area contributed by atoms with Gasteiger partial charge in [-0.3, -0.25) is 4.79 Å². The minimum absolute atomic E-state index is 0.0122. The van der Waals surface area contributed by atoms with Crippen molar-refractivity contribution in [3.8, 4) is 16.8 Å². The molecule has 0 atom stereocenters. The summed E-state index contributed by atoms with van der Waals surface area (Å²) in [5, 5.41) is 7.28. The van der Waals surface area contributed by atoms with E-state index >= 15 is 0 Å². The maximum atomic E-state index is 14.1. The largest absolute Gasteiger partial charge is 0.306 e. The second kappa shape index (κ2) is 8.98. The number of anilines is 1. The Morgan fingerprint density at radius 1 is 0.684 bits per heavy atom. The molecule has 4 aromatic carbocycles. The minimum atomic E-state index is 0.0122. The van der Waals surface area contributed by atoms with Gasteiger partial charge >= 0.3 is 0 Å². The van der Waals surface area contributed by atoms with Gasteiger partial charge in [-0.1, -0.05) is 42.5 Å². The summed E-state index contributed by atoms with van der Waals surface area (Å²) in [5.74, 6) is 0.0122. The van der Waals surface area contributed by atoms with E-state index in [1.165, 1.54) is 38.6 Å². The fraction of sp³-hybridized carbons (Fsp3) is 0.235. The molecule has 0 unspecified atom stereocenters. The van der Waals surface area contributed by atoms with Crippen LogP contribution < -0.4 is 4.90 Å². The number of aryl methyl sites for hydroxylation is 6. The first-order valence-corrected chi connectivity index (χ1v) is 13.3. The molecule has 2 heterocycles. The molecule has 1 amide bonds. The summed E-state index contributed by atoms with van der Waals surface area (Å²) < 4.78 is 1.89. The minimum Gasteiger partial charge on any atom is -0.306 e. The van der Waals surface area contributed by atoms with Crippen molar-refractivity contribution in [2.45, 2.75) is 48.0 Å². The van der Waals surface area contributed by atoms with E-state index < -0.39 is 0 Å². The standard InChI is InChI=1S/C34H33N3O/c1-20-9-7-8-10-29(20)26-11-12-31(23(4)17-26)36-14-13-30-25(6)35-37(33(30)34(36)38)32-19-28-16-22(3)21(2)15-27(28)18-24(32)5/h7-12,15-19H,13-14H2,1-6H3. The topological polar surface area (TPSA) is 38.1 Å². The van der Waals surface area contributed by atoms with Gasteiger partial charge in [-0.2, -0.15) is 5.10 Å². The molecule has 0 bridgehead atoms. The Morgan fingerprint density at radius 2 is 1.34 bits per heavy atom. The molecular weight excluding hydrogens is 466 g/mol. The molecule has 4 heteroatoms. The highest BCUT2D eigenvalue weighted by Gasteiger charge is 2.33. The lowest BCUT2D eigenvalue weighted by Gasteiger charge is -2.29. The van der Waals surface area contributed by atoms with Gasteiger partial charge in [0, 0.05) is 17.8 Å². The van der Waals surface area contributed by atoms with Gasteiger partial charge in [-0.05, 0) is 122 Å². The number of amides is 1. The number of carbonyl (C=O) groups excluding carboxylic acids is 1. The summed E-state index contributed by atoms with van der Waals surface area (Å²) in [6.45, 7) is 13.3. The first-order valence-electron chi connectivity index (χ1n) is 13.3. The Kier molecular flexibility index (Phi) is 5.71. The predicted octanol–water partition coefficient (Wildman–Crippen LogP) is 7.75. The molecule has 0 saturated carbocycles. The molecule has 1 aliphatic heterocycles. The number of nitrogens with zero attached hydrogens (tertiary/aromatic N) is 3. The Balaban J connectivity index is 1.43. The number of aromatic nitrogens is 2. The van der Waals surface area contributed by atoms with Crippen LogP contribution in [0.5, 0.6) is 0 Å². The third-order valence-corrected chi connectivity index (χ3v) is 8.16. The highest BCUT2D eigenvalue weighted by molar-refractivity contribution is 6.08. The van der Waals surface area contributed by atoms with Gasteiger partial charge < -0.3 is 4.90 Å². The monoisotopic (exact) mass is 499 g/mol. The van der Waals surface area contributed by atoms with Crippen molar-refractivity contribution in [1.82, 2.24) is 9.78 Å². The van der Waals surface area contributed by atoms with E-state index in [4.69, 9.17) is 5.10 Å². The molecule has 1 aromatic heterocycles. The molecule has 0 fully saturated rings. The average molecular weight is 500 g/mol. The second-order valence-electron chi connectivity index (χ2n) is 10.8. The van der Waals surface area contributed by atoms with Crippen LogP contribution in [0.25, 0.3) is 27.6 Å². The van der Waals surface area contributed by atoms with E-state index in [0.29, 0.717) is 12.2 Å². The van der Waals surface area contributed by atoms with Gasteiger partial charge in [0.2, 0.25) is 0 Å². The van der Waals surface area contributed by atoms with Crippen LogP contribution in [-0.4, -0.2) is 22.2 Å². The number of hydrogen-bond donors (Lipinski definition) is 0. The summed E-state index contributed by atoms with van der Waals surface area (Å²) in [5.41, 5.74) is 13.0. The average Bonchev–Trinajstić information content (AvgIpc) is 3.22. The maximum absolute atomic E-state index is 14.1. The summed E-state index contributed by atoms with van der Waals surface area (Å²) in [6, 6.07) is 23.7. The lowest BCUT2D eigenvalue weighted by Crippen LogP contribution is -2.39. The molecule has 0 radical (unpaired) electrons. The molecular formula is C34H33N3O. The van der Waals surface area contributed by atoms with Crippen molar-refractivity contribution in [3.05, 3.63) is 111 Å². The summed E-state index contributed by atoms with van der Waals surface area (Å²) >= 11 is 0. The van der Waals surface area contributed by atoms with Crippen LogP contribution >= 0.6 is 0 Å². The van der Waals surface area contributed by atoms with Crippen molar-refractivity contribution in [2.75, 3.05) is 11.4 Å². The van der Waals surface area contributed by atoms with Crippen molar-refractivity contribution in [1.29, 1.82) is 0 Å². The molecule has 0 spiro atoms. The van der Waals surface area contributed by atoms with Crippen LogP contribution in [0.4, 0.5) is 5.69 Å². The lowest BCUT2D eigenvalue weighted by molar-refractivity contribution is 0.0973. The van der Waals surface area contributed by atoms with Crippen molar-refractivity contribution in [2.24, 2.45) is 0 Å². The van der Waals surface area contributed by atoms with Gasteiger partial charge in [0.25, 0.3) is 5.91 Å². The Bertz CT molecular complexity index is 1760. The van der Waals surface area contributed by atoms with E-state index in [1.807, 2.05) is 16.5 Å². The normalized spacial score (nSPS) is 13.3. The van der Waals surface area contributed by atoms with Crippen LogP contribution in [-0.2, 0) is 6.42 Å². The number of carbonyl (C=O) groups is 1. The Hall–Kier alpha value is -4.18. The van der Waals surface area contributed by atoms with E-state index in [0.717, 1.165) is 40.2 Å². The highest BCUT2D eigenvalue weighted by atomic mass is 16.2. The van der Waals surface area contributed by atoms with Crippen molar-refractivity contribution < 1.29 is 4.79 Å². The number of hydrogen-bond acceptors (Lipinski definition) is 2. The van der Waals surface area contributed by atoms with Gasteiger partial charge in [0.15, 0.2) is 0 Å². The Labute approximate surface area is 224 Å². The number of benzene rings is 4. The molecule has 5 aromatic rings. The molecule has 38 heavy (non-hydrogen) atoms. The van der Waals surface area contributed by atoms with Crippen LogP contribution in [0.15, 0.2) is 66.7 Å². The van der Waals surface area contributed by atoms with Crippen LogP contribution in [0.2, 0.25) is 0 Å². The van der Waals surface area contributed by atoms with E-state index in [2.05, 4.69) is 101 Å². The van der Waals surface area contributed by atoms with E-state index in [-0.39, 0.29) is 5.91 Å². The smallest absolute Gasteiger partial charge is 0.277 e. The maximum Gasteiger partial charge on any atom is 0.277 e. The first kappa shape index (κ1) is 24.2. The summed E-state index contributed by atoms with van der Waals surface area (Å²) in [4.78, 5) is 16.1. The zero-order valence-corrected chi connectivity index (χ0v) is 23.0. The first-order chi connectivity index (χ1) is 18.2. The van der Waals surface area contributed by atoms with E-state index in [9.17, 15) is 4.79 Å². The molecule has 190 valence electrons. The summed E-state index contributed by atoms with van der Waals surface area (Å²) in [7, 11) is 0. The van der Waals surface area contributed by atoms with Crippen LogP contribution in [0, 0.1) is 41.5 Å². The zero-order chi connectivity index (χ0) is 26.7. The van der Waals surface area contributed by atoms with Gasteiger partial charge in [0.05, 0.1) is 11.4 Å². The molecule has 0 aliphatic carbocycles. The predicted molar refractivity (Wildman–Crippen MR) is 157 cm³/mol. The fourth-order valence-corrected chi connectivity index (χ4v) is 5.87. The van der Waals surface area contributed by atoms with Gasteiger partial charge in [-0.25, -0.2) is 4.68 Å². The number of fused-ring (bicyclic) bond motifs is 2. The Morgan fingerprint density at radius 3 is 2.05 bits per heavy atom. The van der Waals surface area contributed by atoms with Gasteiger partial charge in [-0.15, -0.1) is 0 Å². The van der Waals surface area contributed by atoms with Crippen LogP contribution in [0.3, 0.4) is 0 Å².